The molecule has 1 heterocycles. The number of nitro groups is 1. The van der Waals surface area contributed by atoms with Crippen LogP contribution in [0.5, 0.6) is 0 Å². The highest BCUT2D eigenvalue weighted by molar-refractivity contribution is 5.93. The maximum absolute atomic E-state index is 11.2. The number of hydrogen-bond acceptors (Lipinski definition) is 5. The van der Waals surface area contributed by atoms with E-state index in [4.69, 9.17) is 0 Å². The van der Waals surface area contributed by atoms with Crippen molar-refractivity contribution in [2.45, 2.75) is 6.92 Å². The molecule has 6 heteroatoms. The lowest BCUT2D eigenvalue weighted by Gasteiger charge is -2.01. The van der Waals surface area contributed by atoms with E-state index in [1.54, 1.807) is 6.92 Å². The molecule has 0 saturated heterocycles. The number of esters is 1. The monoisotopic (exact) mass is 196 g/mol. The molecule has 0 aliphatic carbocycles. The van der Waals surface area contributed by atoms with Gasteiger partial charge in [0, 0.05) is 18.5 Å². The van der Waals surface area contributed by atoms with Crippen LogP contribution in [-0.2, 0) is 4.74 Å². The summed E-state index contributed by atoms with van der Waals surface area (Å²) in [7, 11) is 0. The second-order valence-corrected chi connectivity index (χ2v) is 2.37. The first kappa shape index (κ1) is 10.1. The smallest absolute Gasteiger partial charge is 0.346 e. The van der Waals surface area contributed by atoms with E-state index >= 15 is 0 Å². The standard InChI is InChI=1S/C8H8N2O4/c1-2-14-8(11)6-5-9-4-3-7(6)10(12)13/h3-5H,2H2,1H3. The molecule has 0 amide bonds. The number of pyridine rings is 1. The summed E-state index contributed by atoms with van der Waals surface area (Å²) in [6.07, 6.45) is 2.37. The van der Waals surface area contributed by atoms with Gasteiger partial charge >= 0.3 is 5.97 Å². The van der Waals surface area contributed by atoms with Crippen LogP contribution in [0.15, 0.2) is 18.5 Å². The van der Waals surface area contributed by atoms with E-state index in [9.17, 15) is 14.9 Å². The minimum absolute atomic E-state index is 0.126. The molecule has 0 atom stereocenters. The Hall–Kier alpha value is -1.98. The highest BCUT2D eigenvalue weighted by Gasteiger charge is 2.20. The summed E-state index contributed by atoms with van der Waals surface area (Å²) < 4.78 is 4.64. The Bertz CT molecular complexity index is 364. The molecule has 0 bridgehead atoms. The average molecular weight is 196 g/mol. The Morgan fingerprint density at radius 1 is 1.71 bits per heavy atom. The van der Waals surface area contributed by atoms with Crippen molar-refractivity contribution in [1.82, 2.24) is 4.98 Å². The van der Waals surface area contributed by atoms with Crippen LogP contribution in [0.25, 0.3) is 0 Å². The lowest BCUT2D eigenvalue weighted by Crippen LogP contribution is -2.08. The Morgan fingerprint density at radius 3 is 3.00 bits per heavy atom. The van der Waals surface area contributed by atoms with Crippen molar-refractivity contribution < 1.29 is 14.5 Å². The first-order valence-electron chi connectivity index (χ1n) is 3.92. The topological polar surface area (TPSA) is 82.3 Å². The third-order valence-corrected chi connectivity index (χ3v) is 1.49. The summed E-state index contributed by atoms with van der Waals surface area (Å²) in [5.74, 6) is -0.729. The molecule has 0 aliphatic rings. The van der Waals surface area contributed by atoms with Crippen molar-refractivity contribution >= 4 is 11.7 Å². The van der Waals surface area contributed by atoms with E-state index in [1.807, 2.05) is 0 Å². The van der Waals surface area contributed by atoms with Crippen molar-refractivity contribution in [2.75, 3.05) is 6.61 Å². The van der Waals surface area contributed by atoms with Gasteiger partial charge in [0.15, 0.2) is 5.56 Å². The first-order valence-corrected chi connectivity index (χ1v) is 3.92. The van der Waals surface area contributed by atoms with Crippen LogP contribution < -0.4 is 0 Å². The summed E-state index contributed by atoms with van der Waals surface area (Å²) in [4.78, 5) is 24.7. The molecule has 0 aromatic carbocycles. The minimum Gasteiger partial charge on any atom is -0.462 e. The zero-order valence-corrected chi connectivity index (χ0v) is 7.47. The third-order valence-electron chi connectivity index (χ3n) is 1.49. The van der Waals surface area contributed by atoms with Crippen LogP contribution in [-0.4, -0.2) is 22.5 Å². The summed E-state index contributed by atoms with van der Waals surface area (Å²) >= 11 is 0. The van der Waals surface area contributed by atoms with Gasteiger partial charge in [-0.1, -0.05) is 0 Å². The molecular weight excluding hydrogens is 188 g/mol. The van der Waals surface area contributed by atoms with Crippen LogP contribution >= 0.6 is 0 Å². The van der Waals surface area contributed by atoms with Gasteiger partial charge in [-0.15, -0.1) is 0 Å². The number of carbonyl (C=O) groups excluding carboxylic acids is 1. The maximum atomic E-state index is 11.2. The Balaban J connectivity index is 3.07. The van der Waals surface area contributed by atoms with Gasteiger partial charge in [0.05, 0.1) is 11.5 Å². The van der Waals surface area contributed by atoms with Crippen molar-refractivity contribution in [2.24, 2.45) is 0 Å². The van der Waals surface area contributed by atoms with Crippen molar-refractivity contribution in [3.63, 3.8) is 0 Å². The molecular formula is C8H8N2O4. The van der Waals surface area contributed by atoms with Gasteiger partial charge in [-0.05, 0) is 6.92 Å². The normalized spacial score (nSPS) is 9.50. The molecule has 1 aromatic rings. The van der Waals surface area contributed by atoms with Crippen LogP contribution in [0.4, 0.5) is 5.69 Å². The van der Waals surface area contributed by atoms with Crippen molar-refractivity contribution in [1.29, 1.82) is 0 Å². The minimum atomic E-state index is -0.729. The van der Waals surface area contributed by atoms with Crippen molar-refractivity contribution in [3.8, 4) is 0 Å². The second kappa shape index (κ2) is 4.31. The second-order valence-electron chi connectivity index (χ2n) is 2.37. The molecule has 0 aliphatic heterocycles. The molecule has 6 nitrogen and oxygen atoms in total. The maximum Gasteiger partial charge on any atom is 0.346 e. The van der Waals surface area contributed by atoms with Gasteiger partial charge in [0.25, 0.3) is 5.69 Å². The summed E-state index contributed by atoms with van der Waals surface area (Å²) in [5, 5.41) is 10.5. The number of rotatable bonds is 3. The number of carbonyl (C=O) groups is 1. The van der Waals surface area contributed by atoms with Gasteiger partial charge in [-0.25, -0.2) is 4.79 Å². The highest BCUT2D eigenvalue weighted by Crippen LogP contribution is 2.16. The Labute approximate surface area is 79.7 Å². The fraction of sp³-hybridized carbons (Fsp3) is 0.250. The lowest BCUT2D eigenvalue weighted by atomic mass is 10.2. The van der Waals surface area contributed by atoms with Crippen LogP contribution in [0.1, 0.15) is 17.3 Å². The van der Waals surface area contributed by atoms with E-state index in [0.29, 0.717) is 0 Å². The molecule has 0 unspecified atom stereocenters. The number of hydrogen-bond donors (Lipinski definition) is 0. The van der Waals surface area contributed by atoms with Gasteiger partial charge in [0.2, 0.25) is 0 Å². The van der Waals surface area contributed by atoms with E-state index < -0.39 is 10.9 Å². The Morgan fingerprint density at radius 2 is 2.43 bits per heavy atom. The number of nitrogens with zero attached hydrogens (tertiary/aromatic N) is 2. The molecule has 74 valence electrons. The predicted molar refractivity (Wildman–Crippen MR) is 46.8 cm³/mol. The molecule has 14 heavy (non-hydrogen) atoms. The van der Waals surface area contributed by atoms with Gasteiger partial charge < -0.3 is 4.74 Å². The van der Waals surface area contributed by atoms with Crippen LogP contribution in [0.3, 0.4) is 0 Å². The quantitative estimate of drug-likeness (QED) is 0.411. The number of ether oxygens (including phenoxy) is 1. The summed E-state index contributed by atoms with van der Waals surface area (Å²) in [6.45, 7) is 1.80. The Kier molecular flexibility index (Phi) is 3.11. The van der Waals surface area contributed by atoms with E-state index in [0.717, 1.165) is 12.3 Å². The molecule has 0 saturated carbocycles. The van der Waals surface area contributed by atoms with Crippen LogP contribution in [0.2, 0.25) is 0 Å². The summed E-state index contributed by atoms with van der Waals surface area (Å²) in [6, 6.07) is 1.16. The molecule has 0 radical (unpaired) electrons. The van der Waals surface area contributed by atoms with Gasteiger partial charge in [-0.3, -0.25) is 15.1 Å². The van der Waals surface area contributed by atoms with Gasteiger partial charge in [0.1, 0.15) is 0 Å². The SMILES string of the molecule is CCOC(=O)c1cnccc1[N+](=O)[O-]. The molecule has 1 aromatic heterocycles. The highest BCUT2D eigenvalue weighted by atomic mass is 16.6. The zero-order valence-electron chi connectivity index (χ0n) is 7.47. The van der Waals surface area contributed by atoms with Crippen LogP contribution in [0, 0.1) is 10.1 Å². The predicted octanol–water partition coefficient (Wildman–Crippen LogP) is 1.17. The molecule has 0 fully saturated rings. The molecule has 0 N–H and O–H groups in total. The fourth-order valence-corrected chi connectivity index (χ4v) is 0.912. The van der Waals surface area contributed by atoms with E-state index in [-0.39, 0.29) is 17.9 Å². The van der Waals surface area contributed by atoms with E-state index in [2.05, 4.69) is 9.72 Å². The third kappa shape index (κ3) is 2.03. The van der Waals surface area contributed by atoms with Gasteiger partial charge in [-0.2, -0.15) is 0 Å². The zero-order chi connectivity index (χ0) is 10.6. The summed E-state index contributed by atoms with van der Waals surface area (Å²) in [5.41, 5.74) is -0.419. The van der Waals surface area contributed by atoms with E-state index in [1.165, 1.54) is 6.20 Å². The largest absolute Gasteiger partial charge is 0.462 e. The first-order chi connectivity index (χ1) is 6.66. The molecule has 0 spiro atoms. The number of aromatic nitrogens is 1. The fourth-order valence-electron chi connectivity index (χ4n) is 0.912. The lowest BCUT2D eigenvalue weighted by molar-refractivity contribution is -0.385. The average Bonchev–Trinajstić information content (AvgIpc) is 2.18. The van der Waals surface area contributed by atoms with Crippen molar-refractivity contribution in [3.05, 3.63) is 34.1 Å². The molecule has 1 rings (SSSR count).